The number of ether oxygens (including phenoxy) is 3. The SMILES string of the molecule is COc1cc(CNC(=O)C(Cc2ccccc2)NC(=O)c2cccs2)ccc1OCC1CCCO1. The van der Waals surface area contributed by atoms with Gasteiger partial charge in [-0.1, -0.05) is 42.5 Å². The summed E-state index contributed by atoms with van der Waals surface area (Å²) in [6, 6.07) is 18.1. The van der Waals surface area contributed by atoms with Crippen LogP contribution in [0.4, 0.5) is 0 Å². The second kappa shape index (κ2) is 12.4. The van der Waals surface area contributed by atoms with Crippen LogP contribution >= 0.6 is 11.3 Å². The molecule has 8 heteroatoms. The Kier molecular flexibility index (Phi) is 8.75. The maximum Gasteiger partial charge on any atom is 0.262 e. The van der Waals surface area contributed by atoms with Crippen molar-refractivity contribution < 1.29 is 23.8 Å². The second-order valence-electron chi connectivity index (χ2n) is 8.34. The fraction of sp³-hybridized carbons (Fsp3) is 0.333. The third-order valence-corrected chi connectivity index (χ3v) is 6.66. The molecule has 0 radical (unpaired) electrons. The van der Waals surface area contributed by atoms with Gasteiger partial charge in [0.15, 0.2) is 11.5 Å². The smallest absolute Gasteiger partial charge is 0.262 e. The number of rotatable bonds is 11. The van der Waals surface area contributed by atoms with Crippen LogP contribution in [-0.4, -0.2) is 44.3 Å². The number of carbonyl (C=O) groups is 2. The second-order valence-corrected chi connectivity index (χ2v) is 9.29. The van der Waals surface area contributed by atoms with Gasteiger partial charge in [0.25, 0.3) is 5.91 Å². The van der Waals surface area contributed by atoms with Crippen molar-refractivity contribution in [3.8, 4) is 11.5 Å². The molecule has 0 aliphatic carbocycles. The van der Waals surface area contributed by atoms with Crippen LogP contribution in [0.15, 0.2) is 66.0 Å². The number of benzene rings is 2. The molecule has 4 rings (SSSR count). The zero-order chi connectivity index (χ0) is 24.5. The molecule has 7 nitrogen and oxygen atoms in total. The Labute approximate surface area is 209 Å². The molecule has 35 heavy (non-hydrogen) atoms. The number of hydrogen-bond acceptors (Lipinski definition) is 6. The van der Waals surface area contributed by atoms with E-state index in [1.807, 2.05) is 60.0 Å². The van der Waals surface area contributed by atoms with Crippen LogP contribution in [0.1, 0.15) is 33.6 Å². The summed E-state index contributed by atoms with van der Waals surface area (Å²) in [6.45, 7) is 1.56. The molecule has 1 aliphatic heterocycles. The topological polar surface area (TPSA) is 85.9 Å². The van der Waals surface area contributed by atoms with Gasteiger partial charge in [0.1, 0.15) is 12.6 Å². The molecule has 0 spiro atoms. The van der Waals surface area contributed by atoms with Crippen LogP contribution in [0.25, 0.3) is 0 Å². The molecule has 3 aromatic rings. The molecule has 0 saturated carbocycles. The maximum absolute atomic E-state index is 13.1. The molecule has 184 valence electrons. The van der Waals surface area contributed by atoms with E-state index in [-0.39, 0.29) is 17.9 Å². The highest BCUT2D eigenvalue weighted by atomic mass is 32.1. The standard InChI is InChI=1S/C27H30N2O5S/c1-32-24-16-20(11-12-23(24)34-18-21-9-5-13-33-21)17-28-26(30)22(15-19-7-3-2-4-8-19)29-27(31)25-10-6-14-35-25/h2-4,6-8,10-12,14,16,21-22H,5,9,13,15,17-18H2,1H3,(H,28,30)(H,29,31). The number of hydrogen-bond donors (Lipinski definition) is 2. The van der Waals surface area contributed by atoms with Crippen molar-refractivity contribution in [1.82, 2.24) is 10.6 Å². The van der Waals surface area contributed by atoms with Crippen molar-refractivity contribution in [3.63, 3.8) is 0 Å². The maximum atomic E-state index is 13.1. The largest absolute Gasteiger partial charge is 0.493 e. The first-order chi connectivity index (χ1) is 17.1. The van der Waals surface area contributed by atoms with Crippen LogP contribution in [0.3, 0.4) is 0 Å². The van der Waals surface area contributed by atoms with Crippen LogP contribution in [0.5, 0.6) is 11.5 Å². The Morgan fingerprint density at radius 1 is 1.09 bits per heavy atom. The first-order valence-corrected chi connectivity index (χ1v) is 12.6. The number of amides is 2. The molecule has 1 fully saturated rings. The van der Waals surface area contributed by atoms with E-state index in [1.54, 1.807) is 13.2 Å². The highest BCUT2D eigenvalue weighted by molar-refractivity contribution is 7.12. The fourth-order valence-electron chi connectivity index (χ4n) is 3.91. The van der Waals surface area contributed by atoms with Gasteiger partial charge in [0.05, 0.1) is 18.1 Å². The predicted molar refractivity (Wildman–Crippen MR) is 135 cm³/mol. The molecule has 2 amide bonds. The summed E-state index contributed by atoms with van der Waals surface area (Å²) in [4.78, 5) is 26.3. The summed E-state index contributed by atoms with van der Waals surface area (Å²) in [5, 5.41) is 7.67. The molecule has 2 atom stereocenters. The minimum Gasteiger partial charge on any atom is -0.493 e. The summed E-state index contributed by atoms with van der Waals surface area (Å²) in [5.74, 6) is 0.728. The molecule has 1 aromatic heterocycles. The van der Waals surface area contributed by atoms with Gasteiger partial charge in [-0.2, -0.15) is 0 Å². The molecular formula is C27H30N2O5S. The van der Waals surface area contributed by atoms with Crippen molar-refractivity contribution in [2.45, 2.75) is 38.0 Å². The van der Waals surface area contributed by atoms with Gasteiger partial charge >= 0.3 is 0 Å². The van der Waals surface area contributed by atoms with Gasteiger partial charge in [-0.3, -0.25) is 9.59 Å². The molecule has 1 saturated heterocycles. The first-order valence-electron chi connectivity index (χ1n) is 11.7. The molecule has 2 aromatic carbocycles. The van der Waals surface area contributed by atoms with Crippen molar-refractivity contribution in [3.05, 3.63) is 82.0 Å². The molecule has 0 bridgehead atoms. The highest BCUT2D eigenvalue weighted by Crippen LogP contribution is 2.29. The van der Waals surface area contributed by atoms with Gasteiger partial charge < -0.3 is 24.8 Å². The van der Waals surface area contributed by atoms with E-state index in [2.05, 4.69) is 10.6 Å². The molecule has 2 unspecified atom stereocenters. The van der Waals surface area contributed by atoms with E-state index in [0.29, 0.717) is 35.9 Å². The quantitative estimate of drug-likeness (QED) is 0.421. The average molecular weight is 495 g/mol. The number of methoxy groups -OCH3 is 1. The number of thiophene rings is 1. The Morgan fingerprint density at radius 3 is 2.66 bits per heavy atom. The summed E-state index contributed by atoms with van der Waals surface area (Å²) >= 11 is 1.34. The van der Waals surface area contributed by atoms with Crippen molar-refractivity contribution in [1.29, 1.82) is 0 Å². The zero-order valence-corrected chi connectivity index (χ0v) is 20.5. The van der Waals surface area contributed by atoms with Crippen LogP contribution in [-0.2, 0) is 22.5 Å². The lowest BCUT2D eigenvalue weighted by Gasteiger charge is -2.19. The summed E-state index contributed by atoms with van der Waals surface area (Å²) in [6.07, 6.45) is 2.57. The minimum atomic E-state index is -0.706. The Bertz CT molecular complexity index is 1100. The van der Waals surface area contributed by atoms with Crippen LogP contribution < -0.4 is 20.1 Å². The minimum absolute atomic E-state index is 0.115. The van der Waals surface area contributed by atoms with Crippen molar-refractivity contribution in [2.75, 3.05) is 20.3 Å². The first kappa shape index (κ1) is 24.8. The fourth-order valence-corrected chi connectivity index (χ4v) is 4.54. The summed E-state index contributed by atoms with van der Waals surface area (Å²) < 4.78 is 17.0. The van der Waals surface area contributed by atoms with Crippen molar-refractivity contribution >= 4 is 23.2 Å². The summed E-state index contributed by atoms with van der Waals surface area (Å²) in [7, 11) is 1.59. The highest BCUT2D eigenvalue weighted by Gasteiger charge is 2.22. The summed E-state index contributed by atoms with van der Waals surface area (Å²) in [5.41, 5.74) is 1.83. The van der Waals surface area contributed by atoms with Crippen LogP contribution in [0.2, 0.25) is 0 Å². The lowest BCUT2D eigenvalue weighted by atomic mass is 10.0. The lowest BCUT2D eigenvalue weighted by Crippen LogP contribution is -2.47. The number of carbonyl (C=O) groups excluding carboxylic acids is 2. The van der Waals surface area contributed by atoms with Crippen molar-refractivity contribution in [2.24, 2.45) is 0 Å². The third kappa shape index (κ3) is 7.07. The molecule has 2 heterocycles. The zero-order valence-electron chi connectivity index (χ0n) is 19.7. The normalized spacial score (nSPS) is 15.9. The van der Waals surface area contributed by atoms with E-state index in [1.165, 1.54) is 11.3 Å². The Hall–Kier alpha value is -3.36. The van der Waals surface area contributed by atoms with E-state index in [9.17, 15) is 9.59 Å². The monoisotopic (exact) mass is 494 g/mol. The molecule has 1 aliphatic rings. The molecular weight excluding hydrogens is 464 g/mol. The van der Waals surface area contributed by atoms with Gasteiger partial charge in [0, 0.05) is 19.6 Å². The van der Waals surface area contributed by atoms with Crippen LogP contribution in [0, 0.1) is 0 Å². The van der Waals surface area contributed by atoms with Gasteiger partial charge in [-0.15, -0.1) is 11.3 Å². The predicted octanol–water partition coefficient (Wildman–Crippen LogP) is 3.97. The Morgan fingerprint density at radius 2 is 1.94 bits per heavy atom. The molecule has 2 N–H and O–H groups in total. The van der Waals surface area contributed by atoms with E-state index in [0.717, 1.165) is 30.6 Å². The van der Waals surface area contributed by atoms with E-state index >= 15 is 0 Å². The van der Waals surface area contributed by atoms with Gasteiger partial charge in [-0.25, -0.2) is 0 Å². The Balaban J connectivity index is 1.38. The average Bonchev–Trinajstić information content (AvgIpc) is 3.61. The van der Waals surface area contributed by atoms with Gasteiger partial charge in [-0.05, 0) is 47.5 Å². The van der Waals surface area contributed by atoms with E-state index in [4.69, 9.17) is 14.2 Å². The number of nitrogens with one attached hydrogen (secondary N) is 2. The lowest BCUT2D eigenvalue weighted by molar-refractivity contribution is -0.123. The van der Waals surface area contributed by atoms with E-state index < -0.39 is 6.04 Å². The third-order valence-electron chi connectivity index (χ3n) is 5.79. The van der Waals surface area contributed by atoms with Gasteiger partial charge in [0.2, 0.25) is 5.91 Å².